The molecule has 6 heteroatoms. The number of hydrogen-bond donors (Lipinski definition) is 1. The van der Waals surface area contributed by atoms with Crippen molar-refractivity contribution < 1.29 is 9.59 Å². The summed E-state index contributed by atoms with van der Waals surface area (Å²) < 4.78 is 0. The fourth-order valence-corrected chi connectivity index (χ4v) is 4.52. The number of benzene rings is 3. The number of anilines is 1. The first-order chi connectivity index (χ1) is 14.4. The molecule has 1 N–H and O–H groups in total. The molecule has 1 aliphatic rings. The lowest BCUT2D eigenvalue weighted by Crippen LogP contribution is -2.32. The van der Waals surface area contributed by atoms with E-state index in [1.54, 1.807) is 22.7 Å². The van der Waals surface area contributed by atoms with Crippen molar-refractivity contribution in [2.24, 2.45) is 0 Å². The quantitative estimate of drug-likeness (QED) is 0.563. The van der Waals surface area contributed by atoms with Crippen molar-refractivity contribution in [3.8, 4) is 0 Å². The van der Waals surface area contributed by atoms with Gasteiger partial charge in [0.15, 0.2) is 0 Å². The Morgan fingerprint density at radius 2 is 1.77 bits per heavy atom. The van der Waals surface area contributed by atoms with Crippen molar-refractivity contribution in [2.45, 2.75) is 36.2 Å². The molecule has 152 valence electrons. The van der Waals surface area contributed by atoms with E-state index in [1.807, 2.05) is 74.5 Å². The summed E-state index contributed by atoms with van der Waals surface area (Å²) in [5.41, 5.74) is 2.87. The second-order valence-electron chi connectivity index (χ2n) is 7.43. The van der Waals surface area contributed by atoms with E-state index in [0.29, 0.717) is 22.7 Å². The minimum atomic E-state index is -0.154. The van der Waals surface area contributed by atoms with Gasteiger partial charge >= 0.3 is 0 Å². The van der Waals surface area contributed by atoms with Crippen molar-refractivity contribution in [1.29, 1.82) is 0 Å². The molecule has 0 aromatic heterocycles. The molecule has 0 spiro atoms. The molecule has 0 saturated heterocycles. The van der Waals surface area contributed by atoms with Crippen molar-refractivity contribution >= 4 is 40.9 Å². The maximum atomic E-state index is 13.5. The van der Waals surface area contributed by atoms with Gasteiger partial charge in [-0.1, -0.05) is 47.6 Å². The summed E-state index contributed by atoms with van der Waals surface area (Å²) in [7, 11) is 0. The van der Waals surface area contributed by atoms with Gasteiger partial charge in [0.25, 0.3) is 11.8 Å². The molecular formula is C24H21ClN2O2S. The number of amides is 2. The van der Waals surface area contributed by atoms with E-state index in [0.717, 1.165) is 21.0 Å². The lowest BCUT2D eigenvalue weighted by Gasteiger charge is -2.24. The van der Waals surface area contributed by atoms with Crippen LogP contribution in [-0.4, -0.2) is 17.9 Å². The maximum absolute atomic E-state index is 13.5. The van der Waals surface area contributed by atoms with Crippen LogP contribution in [0.4, 0.5) is 5.69 Å². The Labute approximate surface area is 185 Å². The standard InChI is InChI=1S/C24H21ClN2O2S/c1-15(2)26-23(28)17-9-12-22-20(13-17)27(14-16-7-10-18(25)11-8-16)24(29)19-5-3-4-6-21(19)30-22/h3-13,15H,14H2,1-2H3,(H,26,28). The fraction of sp³-hybridized carbons (Fsp3) is 0.167. The Balaban J connectivity index is 1.80. The van der Waals surface area contributed by atoms with E-state index in [9.17, 15) is 9.59 Å². The summed E-state index contributed by atoms with van der Waals surface area (Å²) in [6, 6.07) is 20.6. The van der Waals surface area contributed by atoms with Crippen molar-refractivity contribution in [1.82, 2.24) is 5.32 Å². The zero-order valence-electron chi connectivity index (χ0n) is 16.7. The molecule has 1 heterocycles. The lowest BCUT2D eigenvalue weighted by atomic mass is 10.1. The number of halogens is 1. The molecule has 3 aromatic carbocycles. The smallest absolute Gasteiger partial charge is 0.259 e. The van der Waals surface area contributed by atoms with Gasteiger partial charge < -0.3 is 10.2 Å². The Bertz CT molecular complexity index is 1110. The largest absolute Gasteiger partial charge is 0.350 e. The van der Waals surface area contributed by atoms with Gasteiger partial charge in [-0.15, -0.1) is 0 Å². The number of fused-ring (bicyclic) bond motifs is 2. The van der Waals surface area contributed by atoms with Gasteiger partial charge in [-0.25, -0.2) is 0 Å². The average molecular weight is 437 g/mol. The third-order valence-electron chi connectivity index (χ3n) is 4.77. The van der Waals surface area contributed by atoms with Gasteiger partial charge in [0.2, 0.25) is 0 Å². The minimum absolute atomic E-state index is 0.0294. The maximum Gasteiger partial charge on any atom is 0.259 e. The van der Waals surface area contributed by atoms with E-state index < -0.39 is 0 Å². The summed E-state index contributed by atoms with van der Waals surface area (Å²) in [5.74, 6) is -0.244. The zero-order chi connectivity index (χ0) is 21.3. The predicted molar refractivity (Wildman–Crippen MR) is 122 cm³/mol. The van der Waals surface area contributed by atoms with Crippen LogP contribution in [0.25, 0.3) is 0 Å². The van der Waals surface area contributed by atoms with Gasteiger partial charge in [-0.2, -0.15) is 0 Å². The van der Waals surface area contributed by atoms with Crippen LogP contribution in [0, 0.1) is 0 Å². The average Bonchev–Trinajstić information content (AvgIpc) is 2.84. The molecule has 0 atom stereocenters. The molecule has 0 saturated carbocycles. The third-order valence-corrected chi connectivity index (χ3v) is 6.16. The summed E-state index contributed by atoms with van der Waals surface area (Å²) >= 11 is 7.57. The number of hydrogen-bond acceptors (Lipinski definition) is 3. The Morgan fingerprint density at radius 3 is 2.50 bits per heavy atom. The van der Waals surface area contributed by atoms with Gasteiger partial charge in [-0.05, 0) is 61.9 Å². The van der Waals surface area contributed by atoms with Gasteiger partial charge in [0.05, 0.1) is 17.8 Å². The highest BCUT2D eigenvalue weighted by Crippen LogP contribution is 2.42. The van der Waals surface area contributed by atoms with Crippen LogP contribution in [-0.2, 0) is 6.54 Å². The fourth-order valence-electron chi connectivity index (χ4n) is 3.34. The topological polar surface area (TPSA) is 49.4 Å². The van der Waals surface area contributed by atoms with Crippen molar-refractivity contribution in [3.05, 3.63) is 88.4 Å². The SMILES string of the molecule is CC(C)NC(=O)c1ccc2c(c1)N(Cc1ccc(Cl)cc1)C(=O)c1ccccc1S2. The Hall–Kier alpha value is -2.76. The van der Waals surface area contributed by atoms with Crippen LogP contribution < -0.4 is 10.2 Å². The molecule has 4 nitrogen and oxygen atoms in total. The van der Waals surface area contributed by atoms with Crippen LogP contribution >= 0.6 is 23.4 Å². The summed E-state index contributed by atoms with van der Waals surface area (Å²) in [6.07, 6.45) is 0. The second kappa shape index (κ2) is 8.54. The van der Waals surface area contributed by atoms with Crippen molar-refractivity contribution in [3.63, 3.8) is 0 Å². The molecule has 0 aliphatic carbocycles. The molecular weight excluding hydrogens is 416 g/mol. The van der Waals surface area contributed by atoms with E-state index >= 15 is 0 Å². The molecule has 3 aromatic rings. The first-order valence-electron chi connectivity index (χ1n) is 9.70. The first kappa shape index (κ1) is 20.5. The Kier molecular flexibility index (Phi) is 5.84. The van der Waals surface area contributed by atoms with E-state index in [1.165, 1.54) is 0 Å². The minimum Gasteiger partial charge on any atom is -0.350 e. The van der Waals surface area contributed by atoms with E-state index in [2.05, 4.69) is 5.32 Å². The molecule has 0 fully saturated rings. The highest BCUT2D eigenvalue weighted by Gasteiger charge is 2.28. The zero-order valence-corrected chi connectivity index (χ0v) is 18.3. The molecule has 30 heavy (non-hydrogen) atoms. The van der Waals surface area contributed by atoms with Crippen LogP contribution in [0.2, 0.25) is 5.02 Å². The highest BCUT2D eigenvalue weighted by atomic mass is 35.5. The molecule has 0 unspecified atom stereocenters. The van der Waals surface area contributed by atoms with E-state index in [-0.39, 0.29) is 17.9 Å². The summed E-state index contributed by atoms with van der Waals surface area (Å²) in [4.78, 5) is 29.7. The van der Waals surface area contributed by atoms with Crippen LogP contribution in [0.5, 0.6) is 0 Å². The van der Waals surface area contributed by atoms with Crippen LogP contribution in [0.1, 0.15) is 40.1 Å². The van der Waals surface area contributed by atoms with Gasteiger partial charge in [0, 0.05) is 26.4 Å². The van der Waals surface area contributed by atoms with Crippen LogP contribution in [0.3, 0.4) is 0 Å². The van der Waals surface area contributed by atoms with Crippen molar-refractivity contribution in [2.75, 3.05) is 4.90 Å². The summed E-state index contributed by atoms with van der Waals surface area (Å²) in [5, 5.41) is 3.56. The second-order valence-corrected chi connectivity index (χ2v) is 8.95. The van der Waals surface area contributed by atoms with Gasteiger partial charge in [-0.3, -0.25) is 9.59 Å². The molecule has 0 bridgehead atoms. The predicted octanol–water partition coefficient (Wildman–Crippen LogP) is 5.79. The number of carbonyl (C=O) groups excluding carboxylic acids is 2. The number of nitrogens with one attached hydrogen (secondary N) is 1. The highest BCUT2D eigenvalue weighted by molar-refractivity contribution is 7.99. The monoisotopic (exact) mass is 436 g/mol. The molecule has 2 amide bonds. The number of rotatable bonds is 4. The van der Waals surface area contributed by atoms with Crippen LogP contribution in [0.15, 0.2) is 76.5 Å². The summed E-state index contributed by atoms with van der Waals surface area (Å²) in [6.45, 7) is 4.22. The third kappa shape index (κ3) is 4.23. The number of nitrogens with zero attached hydrogens (tertiary/aromatic N) is 1. The number of carbonyl (C=O) groups is 2. The molecule has 4 rings (SSSR count). The lowest BCUT2D eigenvalue weighted by molar-refractivity contribution is 0.0940. The first-order valence-corrected chi connectivity index (χ1v) is 10.9. The Morgan fingerprint density at radius 1 is 1.03 bits per heavy atom. The molecule has 0 radical (unpaired) electrons. The van der Waals surface area contributed by atoms with Gasteiger partial charge in [0.1, 0.15) is 0 Å². The van der Waals surface area contributed by atoms with E-state index in [4.69, 9.17) is 11.6 Å². The molecule has 1 aliphatic heterocycles. The normalized spacial score (nSPS) is 12.9.